The van der Waals surface area contributed by atoms with Gasteiger partial charge in [-0.25, -0.2) is 4.79 Å². The van der Waals surface area contributed by atoms with Crippen molar-refractivity contribution in [1.82, 2.24) is 0 Å². The Bertz CT molecular complexity index is 534. The second-order valence-corrected chi connectivity index (χ2v) is 4.23. The molecule has 4 heteroatoms. The molecule has 0 unspecified atom stereocenters. The fourth-order valence-electron chi connectivity index (χ4n) is 1.80. The monoisotopic (exact) mass is 272 g/mol. The summed E-state index contributed by atoms with van der Waals surface area (Å²) in [5.41, 5.74) is 3.37. The van der Waals surface area contributed by atoms with Gasteiger partial charge in [-0.05, 0) is 16.7 Å². The van der Waals surface area contributed by atoms with Crippen LogP contribution in [0.5, 0.6) is 0 Å². The van der Waals surface area contributed by atoms with Crippen LogP contribution in [0.4, 0.5) is 4.79 Å². The van der Waals surface area contributed by atoms with Crippen molar-refractivity contribution in [2.75, 3.05) is 13.2 Å². The van der Waals surface area contributed by atoms with Crippen molar-refractivity contribution in [3.63, 3.8) is 0 Å². The van der Waals surface area contributed by atoms with Crippen molar-refractivity contribution in [1.29, 1.82) is 0 Å². The van der Waals surface area contributed by atoms with E-state index in [0.29, 0.717) is 6.61 Å². The van der Waals surface area contributed by atoms with Crippen molar-refractivity contribution in [3.8, 4) is 11.1 Å². The quantitative estimate of drug-likeness (QED) is 0.645. The van der Waals surface area contributed by atoms with E-state index in [4.69, 9.17) is 9.84 Å². The van der Waals surface area contributed by atoms with Crippen molar-refractivity contribution in [2.45, 2.75) is 6.61 Å². The summed E-state index contributed by atoms with van der Waals surface area (Å²) in [6.07, 6.45) is -1.28. The Hall–Kier alpha value is -2.33. The third-order valence-corrected chi connectivity index (χ3v) is 2.78. The molecule has 2 aromatic rings. The first-order valence-corrected chi connectivity index (χ1v) is 6.33. The molecule has 0 aliphatic heterocycles. The maximum Gasteiger partial charge on any atom is 0.505 e. The normalized spacial score (nSPS) is 10.2. The fraction of sp³-hybridized carbons (Fsp3) is 0.188. The van der Waals surface area contributed by atoms with Crippen molar-refractivity contribution < 1.29 is 19.4 Å². The minimum atomic E-state index is -1.28. The Morgan fingerprint density at radius 3 is 2.20 bits per heavy atom. The molecule has 0 radical (unpaired) electrons. The van der Waals surface area contributed by atoms with E-state index in [0.717, 1.165) is 11.1 Å². The molecule has 104 valence electrons. The van der Waals surface area contributed by atoms with Gasteiger partial charge in [0.2, 0.25) is 0 Å². The molecule has 0 saturated carbocycles. The van der Waals surface area contributed by atoms with Crippen LogP contribution in [0.1, 0.15) is 5.56 Å². The van der Waals surface area contributed by atoms with Crippen molar-refractivity contribution in [2.24, 2.45) is 0 Å². The van der Waals surface area contributed by atoms with Gasteiger partial charge in [0, 0.05) is 0 Å². The lowest BCUT2D eigenvalue weighted by atomic mass is 10.0. The average molecular weight is 272 g/mol. The van der Waals surface area contributed by atoms with Crippen molar-refractivity contribution in [3.05, 3.63) is 60.2 Å². The zero-order valence-electron chi connectivity index (χ0n) is 11.0. The van der Waals surface area contributed by atoms with Gasteiger partial charge < -0.3 is 14.6 Å². The van der Waals surface area contributed by atoms with Gasteiger partial charge in [0.05, 0.1) is 13.2 Å². The lowest BCUT2D eigenvalue weighted by Crippen LogP contribution is -2.08. The summed E-state index contributed by atoms with van der Waals surface area (Å²) in [6, 6.07) is 18.2. The molecule has 2 aromatic carbocycles. The maximum atomic E-state index is 10.1. The molecule has 0 saturated heterocycles. The van der Waals surface area contributed by atoms with Crippen LogP contribution in [0.3, 0.4) is 0 Å². The lowest BCUT2D eigenvalue weighted by Gasteiger charge is -2.06. The molecule has 0 fully saturated rings. The van der Waals surface area contributed by atoms with Crippen LogP contribution in [0.15, 0.2) is 54.6 Å². The third kappa shape index (κ3) is 4.40. The fourth-order valence-corrected chi connectivity index (χ4v) is 1.80. The van der Waals surface area contributed by atoms with Gasteiger partial charge in [-0.15, -0.1) is 0 Å². The standard InChI is InChI=1S/C16H16O4/c17-16(18)20-11-10-19-12-13-6-8-15(9-7-13)14-4-2-1-3-5-14/h1-9H,10-12H2,(H,17,18). The zero-order valence-corrected chi connectivity index (χ0v) is 11.0. The lowest BCUT2D eigenvalue weighted by molar-refractivity contribution is 0.0424. The highest BCUT2D eigenvalue weighted by Gasteiger charge is 1.99. The van der Waals surface area contributed by atoms with E-state index in [9.17, 15) is 4.79 Å². The first kappa shape index (κ1) is 14.1. The highest BCUT2D eigenvalue weighted by atomic mass is 16.7. The number of carbonyl (C=O) groups is 1. The summed E-state index contributed by atoms with van der Waals surface area (Å²) in [7, 11) is 0. The number of rotatable bonds is 6. The summed E-state index contributed by atoms with van der Waals surface area (Å²) >= 11 is 0. The van der Waals surface area contributed by atoms with E-state index in [2.05, 4.69) is 16.9 Å². The molecule has 0 aromatic heterocycles. The molecule has 0 amide bonds. The van der Waals surface area contributed by atoms with E-state index in [1.54, 1.807) is 0 Å². The number of benzene rings is 2. The molecule has 2 rings (SSSR count). The Morgan fingerprint density at radius 1 is 0.900 bits per heavy atom. The maximum absolute atomic E-state index is 10.1. The summed E-state index contributed by atoms with van der Waals surface area (Å²) in [4.78, 5) is 10.1. The van der Waals surface area contributed by atoms with Crippen molar-refractivity contribution >= 4 is 6.16 Å². The number of hydrogen-bond acceptors (Lipinski definition) is 3. The van der Waals surface area contributed by atoms with E-state index in [1.807, 2.05) is 42.5 Å². The van der Waals surface area contributed by atoms with E-state index >= 15 is 0 Å². The third-order valence-electron chi connectivity index (χ3n) is 2.78. The zero-order chi connectivity index (χ0) is 14.2. The predicted octanol–water partition coefficient (Wildman–Crippen LogP) is 3.56. The van der Waals surface area contributed by atoms with Gasteiger partial charge in [0.25, 0.3) is 0 Å². The van der Waals surface area contributed by atoms with Crippen LogP contribution in [-0.4, -0.2) is 24.5 Å². The number of carboxylic acid groups (broad SMARTS) is 1. The molecule has 0 spiro atoms. The smallest absolute Gasteiger partial charge is 0.450 e. The molecular weight excluding hydrogens is 256 g/mol. The largest absolute Gasteiger partial charge is 0.505 e. The molecule has 0 atom stereocenters. The van der Waals surface area contributed by atoms with E-state index in [-0.39, 0.29) is 13.2 Å². The molecule has 1 N–H and O–H groups in total. The van der Waals surface area contributed by atoms with Gasteiger partial charge in [0.1, 0.15) is 6.61 Å². The topological polar surface area (TPSA) is 55.8 Å². The van der Waals surface area contributed by atoms with Crippen LogP contribution in [0, 0.1) is 0 Å². The summed E-state index contributed by atoms with van der Waals surface area (Å²) < 4.78 is 9.68. The summed E-state index contributed by atoms with van der Waals surface area (Å²) in [6.45, 7) is 0.752. The molecule has 0 aliphatic rings. The van der Waals surface area contributed by atoms with E-state index < -0.39 is 6.16 Å². The summed E-state index contributed by atoms with van der Waals surface area (Å²) in [5, 5.41) is 8.29. The molecule has 4 nitrogen and oxygen atoms in total. The SMILES string of the molecule is O=C(O)OCCOCc1ccc(-c2ccccc2)cc1. The second kappa shape index (κ2) is 7.31. The molecule has 0 heterocycles. The Balaban J connectivity index is 1.82. The van der Waals surface area contributed by atoms with Crippen LogP contribution < -0.4 is 0 Å². The van der Waals surface area contributed by atoms with Gasteiger partial charge in [-0.3, -0.25) is 0 Å². The minimum absolute atomic E-state index is 0.0530. The van der Waals surface area contributed by atoms with Gasteiger partial charge in [0.15, 0.2) is 0 Å². The minimum Gasteiger partial charge on any atom is -0.450 e. The predicted molar refractivity (Wildman–Crippen MR) is 75.5 cm³/mol. The number of ether oxygens (including phenoxy) is 2. The van der Waals surface area contributed by atoms with Crippen LogP contribution >= 0.6 is 0 Å². The Kier molecular flexibility index (Phi) is 5.15. The van der Waals surface area contributed by atoms with Gasteiger partial charge >= 0.3 is 6.16 Å². The Labute approximate surface area is 117 Å². The van der Waals surface area contributed by atoms with E-state index in [1.165, 1.54) is 5.56 Å². The highest BCUT2D eigenvalue weighted by molar-refractivity contribution is 5.63. The van der Waals surface area contributed by atoms with Gasteiger partial charge in [-0.1, -0.05) is 54.6 Å². The first-order chi connectivity index (χ1) is 9.75. The second-order valence-electron chi connectivity index (χ2n) is 4.23. The first-order valence-electron chi connectivity index (χ1n) is 6.33. The number of hydrogen-bond donors (Lipinski definition) is 1. The van der Waals surface area contributed by atoms with Crippen LogP contribution in [0.2, 0.25) is 0 Å². The van der Waals surface area contributed by atoms with Crippen LogP contribution in [-0.2, 0) is 16.1 Å². The van der Waals surface area contributed by atoms with Crippen LogP contribution in [0.25, 0.3) is 11.1 Å². The average Bonchev–Trinajstić information content (AvgIpc) is 2.48. The van der Waals surface area contributed by atoms with Gasteiger partial charge in [-0.2, -0.15) is 0 Å². The highest BCUT2D eigenvalue weighted by Crippen LogP contribution is 2.19. The molecule has 0 bridgehead atoms. The summed E-state index contributed by atoms with van der Waals surface area (Å²) in [5.74, 6) is 0. The Morgan fingerprint density at radius 2 is 1.55 bits per heavy atom. The molecule has 0 aliphatic carbocycles. The molecular formula is C16H16O4. The molecule has 20 heavy (non-hydrogen) atoms.